The number of nitrogens with zero attached hydrogens (tertiary/aromatic N) is 3. The summed E-state index contributed by atoms with van der Waals surface area (Å²) in [6, 6.07) is 0. The lowest BCUT2D eigenvalue weighted by Gasteiger charge is -2.13. The Morgan fingerprint density at radius 1 is 1.45 bits per heavy atom. The predicted molar refractivity (Wildman–Crippen MR) is 48.1 cm³/mol. The van der Waals surface area contributed by atoms with Crippen molar-refractivity contribution in [3.8, 4) is 0 Å². The first-order valence-electron chi connectivity index (χ1n) is 3.95. The first kappa shape index (κ1) is 8.45. The zero-order valence-electron chi connectivity index (χ0n) is 7.63. The zero-order chi connectivity index (χ0) is 8.48. The summed E-state index contributed by atoms with van der Waals surface area (Å²) in [5.41, 5.74) is 1.09. The summed E-state index contributed by atoms with van der Waals surface area (Å²) in [6.07, 6.45) is 2.84. The summed E-state index contributed by atoms with van der Waals surface area (Å²) in [7, 11) is -1.33. The first-order valence-corrected chi connectivity index (χ1v) is 7.40. The number of hydrogen-bond acceptors (Lipinski definition) is 2. The summed E-state index contributed by atoms with van der Waals surface area (Å²) in [5.74, 6) is 0. The molecule has 0 unspecified atom stereocenters. The van der Waals surface area contributed by atoms with E-state index in [-0.39, 0.29) is 0 Å². The van der Waals surface area contributed by atoms with Crippen molar-refractivity contribution in [3.05, 3.63) is 11.9 Å². The van der Waals surface area contributed by atoms with Crippen LogP contribution >= 0.6 is 0 Å². The highest BCUT2D eigenvalue weighted by Crippen LogP contribution is 2.02. The normalized spacial score (nSPS) is 12.0. The van der Waals surface area contributed by atoms with Crippen LogP contribution in [0.3, 0.4) is 0 Å². The molecular formula is C7H15N3Si. The van der Waals surface area contributed by atoms with E-state index in [9.17, 15) is 0 Å². The van der Waals surface area contributed by atoms with E-state index in [1.807, 2.05) is 10.7 Å². The monoisotopic (exact) mass is 169 g/mol. The van der Waals surface area contributed by atoms with Gasteiger partial charge in [-0.15, -0.1) is 0 Å². The van der Waals surface area contributed by atoms with Crippen LogP contribution in [-0.2, 0) is 6.42 Å². The van der Waals surface area contributed by atoms with Crippen molar-refractivity contribution in [3.63, 3.8) is 0 Å². The molecule has 1 rings (SSSR count). The molecule has 0 aromatic carbocycles. The lowest BCUT2D eigenvalue weighted by Crippen LogP contribution is -2.34. The van der Waals surface area contributed by atoms with Crippen LogP contribution in [0.4, 0.5) is 0 Å². The molecular weight excluding hydrogens is 154 g/mol. The van der Waals surface area contributed by atoms with Gasteiger partial charge in [0.05, 0.1) is 11.9 Å². The van der Waals surface area contributed by atoms with Crippen LogP contribution in [-0.4, -0.2) is 22.9 Å². The molecule has 3 nitrogen and oxygen atoms in total. The molecule has 0 bridgehead atoms. The standard InChI is InChI=1S/C7H15N3Si/c1-5-7-6-8-10(9-7)11(2,3)4/h6H,5H2,1-4H3. The molecule has 0 atom stereocenters. The third-order valence-electron chi connectivity index (χ3n) is 1.50. The SMILES string of the molecule is CCc1cnn([Si](C)(C)C)n1. The minimum atomic E-state index is -1.33. The van der Waals surface area contributed by atoms with Crippen LogP contribution in [0.1, 0.15) is 12.6 Å². The van der Waals surface area contributed by atoms with Gasteiger partial charge in [-0.2, -0.15) is 10.2 Å². The molecule has 1 aromatic heterocycles. The fourth-order valence-corrected chi connectivity index (χ4v) is 1.61. The van der Waals surface area contributed by atoms with Crippen LogP contribution in [0.5, 0.6) is 0 Å². The molecule has 0 aliphatic heterocycles. The smallest absolute Gasteiger partial charge is 0.202 e. The minimum absolute atomic E-state index is 0.977. The minimum Gasteiger partial charge on any atom is -0.221 e. The Morgan fingerprint density at radius 3 is 2.36 bits per heavy atom. The van der Waals surface area contributed by atoms with Crippen LogP contribution in [0, 0.1) is 0 Å². The van der Waals surface area contributed by atoms with E-state index in [1.165, 1.54) is 0 Å². The van der Waals surface area contributed by atoms with Crippen LogP contribution < -0.4 is 0 Å². The maximum absolute atomic E-state index is 4.37. The lowest BCUT2D eigenvalue weighted by atomic mass is 10.4. The summed E-state index contributed by atoms with van der Waals surface area (Å²) < 4.78 is 1.89. The summed E-state index contributed by atoms with van der Waals surface area (Å²) in [4.78, 5) is 0. The molecule has 0 saturated heterocycles. The molecule has 0 fully saturated rings. The molecule has 0 N–H and O–H groups in total. The van der Waals surface area contributed by atoms with E-state index >= 15 is 0 Å². The maximum atomic E-state index is 4.37. The number of rotatable bonds is 2. The first-order chi connectivity index (χ1) is 5.04. The largest absolute Gasteiger partial charge is 0.221 e. The summed E-state index contributed by atoms with van der Waals surface area (Å²) in [5, 5.41) is 8.59. The molecule has 11 heavy (non-hydrogen) atoms. The van der Waals surface area contributed by atoms with Crippen molar-refractivity contribution >= 4 is 8.24 Å². The van der Waals surface area contributed by atoms with E-state index in [4.69, 9.17) is 0 Å². The van der Waals surface area contributed by atoms with E-state index in [0.717, 1.165) is 12.1 Å². The highest BCUT2D eigenvalue weighted by Gasteiger charge is 2.18. The highest BCUT2D eigenvalue weighted by atomic mass is 28.3. The van der Waals surface area contributed by atoms with E-state index in [2.05, 4.69) is 36.8 Å². The Balaban J connectivity index is 2.89. The van der Waals surface area contributed by atoms with Gasteiger partial charge < -0.3 is 0 Å². The second-order valence-electron chi connectivity index (χ2n) is 3.65. The van der Waals surface area contributed by atoms with Crippen molar-refractivity contribution in [1.29, 1.82) is 0 Å². The van der Waals surface area contributed by atoms with Gasteiger partial charge in [0.2, 0.25) is 8.24 Å². The molecule has 0 radical (unpaired) electrons. The van der Waals surface area contributed by atoms with Crippen molar-refractivity contribution in [1.82, 2.24) is 14.7 Å². The van der Waals surface area contributed by atoms with Crippen molar-refractivity contribution < 1.29 is 0 Å². The van der Waals surface area contributed by atoms with Gasteiger partial charge >= 0.3 is 0 Å². The molecule has 0 aliphatic rings. The highest BCUT2D eigenvalue weighted by molar-refractivity contribution is 6.73. The van der Waals surface area contributed by atoms with E-state index in [0.29, 0.717) is 0 Å². The van der Waals surface area contributed by atoms with Crippen molar-refractivity contribution in [2.24, 2.45) is 0 Å². The topological polar surface area (TPSA) is 30.7 Å². The van der Waals surface area contributed by atoms with Gasteiger partial charge in [0, 0.05) is 0 Å². The van der Waals surface area contributed by atoms with E-state index in [1.54, 1.807) is 0 Å². The molecule has 0 saturated carbocycles. The second-order valence-corrected chi connectivity index (χ2v) is 8.39. The Morgan fingerprint density at radius 2 is 2.09 bits per heavy atom. The van der Waals surface area contributed by atoms with Crippen LogP contribution in [0.2, 0.25) is 19.6 Å². The second kappa shape index (κ2) is 2.77. The Bertz CT molecular complexity index is 236. The molecule has 0 amide bonds. The van der Waals surface area contributed by atoms with Gasteiger partial charge in [0.15, 0.2) is 0 Å². The molecule has 0 aliphatic carbocycles. The summed E-state index contributed by atoms with van der Waals surface area (Å²) >= 11 is 0. The van der Waals surface area contributed by atoms with Crippen LogP contribution in [0.15, 0.2) is 6.20 Å². The van der Waals surface area contributed by atoms with Gasteiger partial charge in [-0.3, -0.25) is 0 Å². The Labute approximate surface area is 68.5 Å². The van der Waals surface area contributed by atoms with Gasteiger partial charge in [-0.25, -0.2) is 4.46 Å². The average molecular weight is 169 g/mol. The van der Waals surface area contributed by atoms with Crippen LogP contribution in [0.25, 0.3) is 0 Å². The average Bonchev–Trinajstić information content (AvgIpc) is 2.32. The third-order valence-corrected chi connectivity index (χ3v) is 2.92. The predicted octanol–water partition coefficient (Wildman–Crippen LogP) is 1.52. The quantitative estimate of drug-likeness (QED) is 0.628. The van der Waals surface area contributed by atoms with Crippen molar-refractivity contribution in [2.75, 3.05) is 0 Å². The molecule has 4 heteroatoms. The lowest BCUT2D eigenvalue weighted by molar-refractivity contribution is 0.785. The van der Waals surface area contributed by atoms with Gasteiger partial charge in [-0.1, -0.05) is 6.92 Å². The molecule has 1 aromatic rings. The van der Waals surface area contributed by atoms with Gasteiger partial charge in [0.25, 0.3) is 0 Å². The fourth-order valence-electron chi connectivity index (χ4n) is 0.780. The molecule has 1 heterocycles. The van der Waals surface area contributed by atoms with Gasteiger partial charge in [0.1, 0.15) is 0 Å². The number of hydrogen-bond donors (Lipinski definition) is 0. The molecule has 62 valence electrons. The zero-order valence-corrected chi connectivity index (χ0v) is 8.63. The number of aryl methyl sites for hydroxylation is 1. The molecule has 0 spiro atoms. The van der Waals surface area contributed by atoms with Crippen molar-refractivity contribution in [2.45, 2.75) is 33.0 Å². The fraction of sp³-hybridized carbons (Fsp3) is 0.714. The maximum Gasteiger partial charge on any atom is 0.202 e. The number of aromatic nitrogens is 3. The summed E-state index contributed by atoms with van der Waals surface area (Å²) in [6.45, 7) is 8.78. The third kappa shape index (κ3) is 1.89. The van der Waals surface area contributed by atoms with E-state index < -0.39 is 8.24 Å². The Kier molecular flexibility index (Phi) is 2.13. The van der Waals surface area contributed by atoms with Gasteiger partial charge in [-0.05, 0) is 26.1 Å². The Hall–Kier alpha value is -0.643.